The van der Waals surface area contributed by atoms with Crippen molar-refractivity contribution >= 4 is 10.8 Å². The van der Waals surface area contributed by atoms with E-state index in [1.165, 1.54) is 21.9 Å². The van der Waals surface area contributed by atoms with Crippen LogP contribution in [0.2, 0.25) is 0 Å². The van der Waals surface area contributed by atoms with Crippen molar-refractivity contribution in [2.75, 3.05) is 0 Å². The zero-order chi connectivity index (χ0) is 13.6. The van der Waals surface area contributed by atoms with Gasteiger partial charge in [0.2, 0.25) is 0 Å². The lowest BCUT2D eigenvalue weighted by molar-refractivity contribution is 0.116. The Morgan fingerprint density at radius 1 is 1.16 bits per heavy atom. The van der Waals surface area contributed by atoms with E-state index >= 15 is 0 Å². The molecule has 1 aliphatic rings. The summed E-state index contributed by atoms with van der Waals surface area (Å²) < 4.78 is 0. The smallest absolute Gasteiger partial charge is 0.0798 e. The average molecular weight is 254 g/mol. The molecule has 0 spiro atoms. The second kappa shape index (κ2) is 4.35. The predicted octanol–water partition coefficient (Wildman–Crippen LogP) is 4.54. The number of aliphatic hydroxyl groups excluding tert-OH is 1. The summed E-state index contributed by atoms with van der Waals surface area (Å²) in [6.07, 6.45) is 2.75. The molecule has 19 heavy (non-hydrogen) atoms. The molecule has 3 rings (SSSR count). The van der Waals surface area contributed by atoms with Crippen LogP contribution in [0, 0.1) is 12.3 Å². The third kappa shape index (κ3) is 2.17. The van der Waals surface area contributed by atoms with Crippen LogP contribution in [0.5, 0.6) is 0 Å². The molecule has 0 saturated heterocycles. The maximum atomic E-state index is 10.6. The van der Waals surface area contributed by atoms with Crippen molar-refractivity contribution in [1.29, 1.82) is 0 Å². The summed E-state index contributed by atoms with van der Waals surface area (Å²) in [5.74, 6) is 0. The van der Waals surface area contributed by atoms with E-state index in [0.717, 1.165) is 24.8 Å². The van der Waals surface area contributed by atoms with Gasteiger partial charge in [-0.3, -0.25) is 0 Å². The number of aryl methyl sites for hydroxylation is 2. The number of hydrogen-bond acceptors (Lipinski definition) is 1. The summed E-state index contributed by atoms with van der Waals surface area (Å²) in [6.45, 7) is 6.67. The molecule has 0 aliphatic heterocycles. The second-order valence-corrected chi connectivity index (χ2v) is 6.69. The molecular weight excluding hydrogens is 232 g/mol. The van der Waals surface area contributed by atoms with Crippen LogP contribution in [0.4, 0.5) is 0 Å². The Morgan fingerprint density at radius 3 is 2.58 bits per heavy atom. The lowest BCUT2D eigenvalue weighted by Gasteiger charge is -2.24. The van der Waals surface area contributed by atoms with E-state index in [2.05, 4.69) is 51.1 Å². The Balaban J connectivity index is 2.26. The maximum absolute atomic E-state index is 10.6. The van der Waals surface area contributed by atoms with Gasteiger partial charge < -0.3 is 5.11 Å². The van der Waals surface area contributed by atoms with Crippen molar-refractivity contribution in [1.82, 2.24) is 0 Å². The molecule has 2 aromatic rings. The van der Waals surface area contributed by atoms with E-state index in [4.69, 9.17) is 0 Å². The lowest BCUT2D eigenvalue weighted by atomic mass is 9.84. The van der Waals surface area contributed by atoms with E-state index in [9.17, 15) is 5.11 Å². The summed E-state index contributed by atoms with van der Waals surface area (Å²) in [5, 5.41) is 13.2. The van der Waals surface area contributed by atoms with E-state index < -0.39 is 0 Å². The highest BCUT2D eigenvalue weighted by Crippen LogP contribution is 2.42. The Bertz CT molecular complexity index is 625. The van der Waals surface area contributed by atoms with Crippen molar-refractivity contribution < 1.29 is 5.11 Å². The molecule has 1 N–H and O–H groups in total. The summed E-state index contributed by atoms with van der Waals surface area (Å²) >= 11 is 0. The van der Waals surface area contributed by atoms with Gasteiger partial charge in [-0.1, -0.05) is 44.2 Å². The van der Waals surface area contributed by atoms with Gasteiger partial charge in [-0.15, -0.1) is 0 Å². The molecule has 0 amide bonds. The minimum atomic E-state index is -0.323. The summed E-state index contributed by atoms with van der Waals surface area (Å²) in [4.78, 5) is 0. The highest BCUT2D eigenvalue weighted by Gasteiger charge is 2.29. The lowest BCUT2D eigenvalue weighted by Crippen LogP contribution is -2.13. The van der Waals surface area contributed by atoms with Crippen molar-refractivity contribution in [2.45, 2.75) is 46.1 Å². The number of benzene rings is 2. The van der Waals surface area contributed by atoms with Crippen molar-refractivity contribution in [3.8, 4) is 0 Å². The highest BCUT2D eigenvalue weighted by molar-refractivity contribution is 5.89. The molecule has 0 aromatic heterocycles. The molecule has 1 atom stereocenters. The van der Waals surface area contributed by atoms with Crippen LogP contribution in [0.15, 0.2) is 30.3 Å². The molecule has 100 valence electrons. The third-order valence-electron chi connectivity index (χ3n) is 4.55. The van der Waals surface area contributed by atoms with Gasteiger partial charge in [0, 0.05) is 0 Å². The largest absolute Gasteiger partial charge is 0.388 e. The number of aliphatic hydroxyl groups is 1. The molecule has 2 aromatic carbocycles. The fourth-order valence-electron chi connectivity index (χ4n) is 3.42. The summed E-state index contributed by atoms with van der Waals surface area (Å²) in [5.41, 5.74) is 4.00. The van der Waals surface area contributed by atoms with Gasteiger partial charge in [-0.25, -0.2) is 0 Å². The SMILES string of the molecule is Cc1cc2c(c3ccccc13)CCC(C)(C)CC2O. The molecule has 1 nitrogen and oxygen atoms in total. The van der Waals surface area contributed by atoms with Crippen molar-refractivity contribution in [3.63, 3.8) is 0 Å². The maximum Gasteiger partial charge on any atom is 0.0798 e. The monoisotopic (exact) mass is 254 g/mol. The van der Waals surface area contributed by atoms with Crippen LogP contribution in [0.25, 0.3) is 10.8 Å². The molecule has 1 aliphatic carbocycles. The first kappa shape index (κ1) is 12.7. The molecule has 0 radical (unpaired) electrons. The molecule has 0 saturated carbocycles. The normalized spacial score (nSPS) is 22.0. The zero-order valence-corrected chi connectivity index (χ0v) is 12.0. The number of fused-ring (bicyclic) bond motifs is 3. The minimum absolute atomic E-state index is 0.216. The van der Waals surface area contributed by atoms with Crippen molar-refractivity contribution in [2.24, 2.45) is 5.41 Å². The van der Waals surface area contributed by atoms with Crippen LogP contribution in [0.1, 0.15) is 49.5 Å². The first-order valence-corrected chi connectivity index (χ1v) is 7.17. The second-order valence-electron chi connectivity index (χ2n) is 6.69. The molecule has 1 heteroatoms. The van der Waals surface area contributed by atoms with Gasteiger partial charge in [0.25, 0.3) is 0 Å². The Morgan fingerprint density at radius 2 is 1.84 bits per heavy atom. The first-order valence-electron chi connectivity index (χ1n) is 7.17. The number of rotatable bonds is 0. The van der Waals surface area contributed by atoms with Crippen LogP contribution in [-0.4, -0.2) is 5.11 Å². The molecule has 1 unspecified atom stereocenters. The average Bonchev–Trinajstić information content (AvgIpc) is 2.47. The molecule has 0 fully saturated rings. The number of hydrogen-bond donors (Lipinski definition) is 1. The van der Waals surface area contributed by atoms with Gasteiger partial charge in [-0.2, -0.15) is 0 Å². The van der Waals surface area contributed by atoms with Gasteiger partial charge in [0.05, 0.1) is 6.10 Å². The van der Waals surface area contributed by atoms with Gasteiger partial charge in [0.1, 0.15) is 0 Å². The predicted molar refractivity (Wildman–Crippen MR) is 80.4 cm³/mol. The van der Waals surface area contributed by atoms with Gasteiger partial charge >= 0.3 is 0 Å². The standard InChI is InChI=1S/C18H22O/c1-12-10-16-15(14-7-5-4-6-13(12)14)8-9-18(2,3)11-17(16)19/h4-7,10,17,19H,8-9,11H2,1-3H3. The van der Waals surface area contributed by atoms with Crippen LogP contribution in [0.3, 0.4) is 0 Å². The van der Waals surface area contributed by atoms with E-state index in [1.807, 2.05) is 0 Å². The summed E-state index contributed by atoms with van der Waals surface area (Å²) in [6, 6.07) is 10.8. The Labute approximate surface area is 115 Å². The molecular formula is C18H22O. The van der Waals surface area contributed by atoms with Crippen LogP contribution in [-0.2, 0) is 6.42 Å². The fourth-order valence-corrected chi connectivity index (χ4v) is 3.42. The van der Waals surface area contributed by atoms with Crippen LogP contribution < -0.4 is 0 Å². The Kier molecular flexibility index (Phi) is 2.90. The minimum Gasteiger partial charge on any atom is -0.388 e. The molecule has 0 bridgehead atoms. The van der Waals surface area contributed by atoms with Crippen molar-refractivity contribution in [3.05, 3.63) is 47.0 Å². The van der Waals surface area contributed by atoms with Gasteiger partial charge in [-0.05, 0) is 59.1 Å². The Hall–Kier alpha value is -1.34. The summed E-state index contributed by atoms with van der Waals surface area (Å²) in [7, 11) is 0. The fraction of sp³-hybridized carbons (Fsp3) is 0.444. The zero-order valence-electron chi connectivity index (χ0n) is 12.0. The first-order chi connectivity index (χ1) is 8.98. The van der Waals surface area contributed by atoms with Gasteiger partial charge in [0.15, 0.2) is 0 Å². The third-order valence-corrected chi connectivity index (χ3v) is 4.55. The van der Waals surface area contributed by atoms with E-state index in [-0.39, 0.29) is 11.5 Å². The van der Waals surface area contributed by atoms with E-state index in [0.29, 0.717) is 0 Å². The van der Waals surface area contributed by atoms with E-state index in [1.54, 1.807) is 0 Å². The van der Waals surface area contributed by atoms with Crippen LogP contribution >= 0.6 is 0 Å². The topological polar surface area (TPSA) is 20.2 Å². The molecule has 0 heterocycles. The highest BCUT2D eigenvalue weighted by atomic mass is 16.3. The quantitative estimate of drug-likeness (QED) is 0.684.